The maximum atomic E-state index is 12.9. The summed E-state index contributed by atoms with van der Waals surface area (Å²) < 4.78 is 0. The van der Waals surface area contributed by atoms with Gasteiger partial charge in [0.1, 0.15) is 0 Å². The smallest absolute Gasteiger partial charge is 0.252 e. The first kappa shape index (κ1) is 28.9. The molecular formula is C28H41N3O3S. The van der Waals surface area contributed by atoms with Gasteiger partial charge in [-0.3, -0.25) is 9.59 Å². The van der Waals surface area contributed by atoms with Crippen molar-refractivity contribution in [3.8, 4) is 0 Å². The van der Waals surface area contributed by atoms with Crippen LogP contribution >= 0.6 is 11.8 Å². The van der Waals surface area contributed by atoms with Crippen molar-refractivity contribution in [2.45, 2.75) is 57.6 Å². The Morgan fingerprint density at radius 3 is 2.17 bits per heavy atom. The molecule has 6 nitrogen and oxygen atoms in total. The molecule has 3 N–H and O–H groups in total. The second-order valence-electron chi connectivity index (χ2n) is 11.1. The molecule has 1 unspecified atom stereocenters. The van der Waals surface area contributed by atoms with E-state index in [0.717, 1.165) is 17.0 Å². The highest BCUT2D eigenvalue weighted by atomic mass is 32.2. The Morgan fingerprint density at radius 2 is 1.54 bits per heavy atom. The third kappa shape index (κ3) is 10.0. The highest BCUT2D eigenvalue weighted by Gasteiger charge is 2.22. The zero-order chi connectivity index (χ0) is 26.2. The molecular weight excluding hydrogens is 458 g/mol. The van der Waals surface area contributed by atoms with E-state index >= 15 is 0 Å². The van der Waals surface area contributed by atoms with Crippen LogP contribution in [0, 0.1) is 5.41 Å². The SMILES string of the molecule is CN(C)CC(C)(C)CNC(=O)c1ccccc1SCC(O)Cc1ccccc1C(=O)NC(C)(C)C. The number of hydrogen-bond acceptors (Lipinski definition) is 5. The zero-order valence-corrected chi connectivity index (χ0v) is 23.0. The van der Waals surface area contributed by atoms with Gasteiger partial charge in [0.15, 0.2) is 0 Å². The molecule has 7 heteroatoms. The van der Waals surface area contributed by atoms with Gasteiger partial charge >= 0.3 is 0 Å². The van der Waals surface area contributed by atoms with Gasteiger partial charge < -0.3 is 20.6 Å². The van der Waals surface area contributed by atoms with Crippen molar-refractivity contribution in [1.82, 2.24) is 15.5 Å². The summed E-state index contributed by atoms with van der Waals surface area (Å²) in [4.78, 5) is 28.6. The van der Waals surface area contributed by atoms with E-state index in [2.05, 4.69) is 29.4 Å². The van der Waals surface area contributed by atoms with Crippen molar-refractivity contribution in [3.05, 3.63) is 65.2 Å². The van der Waals surface area contributed by atoms with Gasteiger partial charge in [0, 0.05) is 34.8 Å². The molecule has 2 rings (SSSR count). The van der Waals surface area contributed by atoms with Gasteiger partial charge in [-0.05, 0) is 70.5 Å². The van der Waals surface area contributed by atoms with Gasteiger partial charge in [0.25, 0.3) is 11.8 Å². The van der Waals surface area contributed by atoms with Crippen LogP contribution in [0.5, 0.6) is 0 Å². The topological polar surface area (TPSA) is 81.7 Å². The van der Waals surface area contributed by atoms with Crippen LogP contribution in [0.4, 0.5) is 0 Å². The van der Waals surface area contributed by atoms with Crippen LogP contribution in [0.3, 0.4) is 0 Å². The van der Waals surface area contributed by atoms with Crippen LogP contribution in [0.2, 0.25) is 0 Å². The quantitative estimate of drug-likeness (QED) is 0.403. The molecule has 0 saturated carbocycles. The number of hydrogen-bond donors (Lipinski definition) is 3. The molecule has 2 amide bonds. The average molecular weight is 500 g/mol. The van der Waals surface area contributed by atoms with Crippen molar-refractivity contribution in [2.75, 3.05) is 32.9 Å². The largest absolute Gasteiger partial charge is 0.392 e. The highest BCUT2D eigenvalue weighted by Crippen LogP contribution is 2.25. The Bertz CT molecular complexity index is 999. The molecule has 0 aliphatic carbocycles. The molecule has 1 atom stereocenters. The van der Waals surface area contributed by atoms with Crippen molar-refractivity contribution >= 4 is 23.6 Å². The Balaban J connectivity index is 2.02. The number of aliphatic hydroxyl groups excluding tert-OH is 1. The molecule has 0 saturated heterocycles. The van der Waals surface area contributed by atoms with Gasteiger partial charge in [-0.2, -0.15) is 0 Å². The summed E-state index contributed by atoms with van der Waals surface area (Å²) >= 11 is 1.45. The molecule has 2 aromatic rings. The minimum absolute atomic E-state index is 0.0515. The number of benzene rings is 2. The van der Waals surface area contributed by atoms with Gasteiger partial charge in [-0.1, -0.05) is 44.2 Å². The number of aliphatic hydroxyl groups is 1. The average Bonchev–Trinajstić information content (AvgIpc) is 2.74. The number of amides is 2. The lowest BCUT2D eigenvalue weighted by molar-refractivity contribution is 0.0912. The molecule has 192 valence electrons. The molecule has 0 aliphatic heterocycles. The van der Waals surface area contributed by atoms with Crippen molar-refractivity contribution in [1.29, 1.82) is 0 Å². The Morgan fingerprint density at radius 1 is 0.943 bits per heavy atom. The fourth-order valence-corrected chi connectivity index (χ4v) is 4.91. The van der Waals surface area contributed by atoms with E-state index in [0.29, 0.717) is 29.8 Å². The Labute approximate surface area is 214 Å². The van der Waals surface area contributed by atoms with Crippen molar-refractivity contribution in [2.24, 2.45) is 5.41 Å². The first-order chi connectivity index (χ1) is 16.3. The molecule has 0 bridgehead atoms. The van der Waals surface area contributed by atoms with Gasteiger partial charge in [0.05, 0.1) is 11.7 Å². The number of rotatable bonds is 11. The van der Waals surface area contributed by atoms with E-state index in [4.69, 9.17) is 0 Å². The summed E-state index contributed by atoms with van der Waals surface area (Å²) in [5.41, 5.74) is 1.59. The molecule has 0 radical (unpaired) electrons. The molecule has 0 spiro atoms. The molecule has 0 aromatic heterocycles. The summed E-state index contributed by atoms with van der Waals surface area (Å²) in [6, 6.07) is 14.8. The zero-order valence-electron chi connectivity index (χ0n) is 22.1. The fraction of sp³-hybridized carbons (Fsp3) is 0.500. The van der Waals surface area contributed by atoms with Gasteiger partial charge in [0.2, 0.25) is 0 Å². The monoisotopic (exact) mass is 499 g/mol. The van der Waals surface area contributed by atoms with E-state index in [1.807, 2.05) is 77.3 Å². The minimum Gasteiger partial charge on any atom is -0.392 e. The third-order valence-corrected chi connectivity index (χ3v) is 6.46. The second-order valence-corrected chi connectivity index (χ2v) is 12.2. The number of carbonyl (C=O) groups is 2. The molecule has 2 aromatic carbocycles. The van der Waals surface area contributed by atoms with Gasteiger partial charge in [-0.25, -0.2) is 0 Å². The predicted octanol–water partition coefficient (Wildman–Crippen LogP) is 4.23. The standard InChI is InChI=1S/C28H41N3O3S/c1-27(2,3)30-26(34)22-13-9-8-12-20(22)16-21(32)17-35-24-15-11-10-14-23(24)25(33)29-18-28(4,5)19-31(6)7/h8-15,21,32H,16-19H2,1-7H3,(H,29,33)(H,30,34). The van der Waals surface area contributed by atoms with Crippen LogP contribution in [0.15, 0.2) is 53.4 Å². The van der Waals surface area contributed by atoms with Crippen LogP contribution in [-0.4, -0.2) is 66.4 Å². The number of carbonyl (C=O) groups excluding carboxylic acids is 2. The number of nitrogens with one attached hydrogen (secondary N) is 2. The Kier molecular flexibility index (Phi) is 10.4. The lowest BCUT2D eigenvalue weighted by Crippen LogP contribution is -2.41. The summed E-state index contributed by atoms with van der Waals surface area (Å²) in [5.74, 6) is 0.150. The maximum Gasteiger partial charge on any atom is 0.252 e. The van der Waals surface area contributed by atoms with E-state index in [-0.39, 0.29) is 22.8 Å². The number of thioether (sulfide) groups is 1. The Hall–Kier alpha value is -2.35. The fourth-order valence-electron chi connectivity index (χ4n) is 3.93. The molecule has 0 heterocycles. The highest BCUT2D eigenvalue weighted by molar-refractivity contribution is 7.99. The predicted molar refractivity (Wildman–Crippen MR) is 145 cm³/mol. The molecule has 0 fully saturated rings. The first-order valence-electron chi connectivity index (χ1n) is 12.0. The molecule has 0 aliphatic rings. The summed E-state index contributed by atoms with van der Waals surface area (Å²) in [7, 11) is 4.05. The summed E-state index contributed by atoms with van der Waals surface area (Å²) in [5, 5.41) is 16.8. The normalized spacial score (nSPS) is 12.9. The molecule has 35 heavy (non-hydrogen) atoms. The van der Waals surface area contributed by atoms with E-state index in [1.165, 1.54) is 11.8 Å². The summed E-state index contributed by atoms with van der Waals surface area (Å²) in [6.45, 7) is 11.5. The van der Waals surface area contributed by atoms with Crippen molar-refractivity contribution in [3.63, 3.8) is 0 Å². The van der Waals surface area contributed by atoms with E-state index < -0.39 is 6.10 Å². The van der Waals surface area contributed by atoms with Crippen LogP contribution in [0.1, 0.15) is 60.9 Å². The van der Waals surface area contributed by atoms with E-state index in [1.54, 1.807) is 6.07 Å². The third-order valence-electron chi connectivity index (χ3n) is 5.24. The second kappa shape index (κ2) is 12.6. The van der Waals surface area contributed by atoms with Crippen LogP contribution < -0.4 is 10.6 Å². The lowest BCUT2D eigenvalue weighted by Gasteiger charge is -2.28. The van der Waals surface area contributed by atoms with E-state index in [9.17, 15) is 14.7 Å². The maximum absolute atomic E-state index is 12.9. The van der Waals surface area contributed by atoms with Crippen LogP contribution in [0.25, 0.3) is 0 Å². The summed E-state index contributed by atoms with van der Waals surface area (Å²) in [6.07, 6.45) is -0.313. The van der Waals surface area contributed by atoms with Gasteiger partial charge in [-0.15, -0.1) is 11.8 Å². The lowest BCUT2D eigenvalue weighted by atomic mass is 9.93. The minimum atomic E-state index is -0.668. The van der Waals surface area contributed by atoms with Crippen molar-refractivity contribution < 1.29 is 14.7 Å². The number of nitrogens with zero attached hydrogens (tertiary/aromatic N) is 1. The van der Waals surface area contributed by atoms with Crippen LogP contribution in [-0.2, 0) is 6.42 Å². The first-order valence-corrected chi connectivity index (χ1v) is 13.0.